The number of hydrogen-bond acceptors (Lipinski definition) is 8. The van der Waals surface area contributed by atoms with Crippen molar-refractivity contribution in [1.29, 1.82) is 0 Å². The summed E-state index contributed by atoms with van der Waals surface area (Å²) >= 11 is 0. The topological polar surface area (TPSA) is 148 Å². The Balaban J connectivity index is 1.90. The van der Waals surface area contributed by atoms with Crippen molar-refractivity contribution >= 4 is 34.4 Å². The van der Waals surface area contributed by atoms with E-state index < -0.39 is 23.5 Å². The van der Waals surface area contributed by atoms with Crippen LogP contribution in [0.15, 0.2) is 82.2 Å². The highest BCUT2D eigenvalue weighted by Crippen LogP contribution is 2.33. The van der Waals surface area contributed by atoms with E-state index in [4.69, 9.17) is 16.2 Å². The van der Waals surface area contributed by atoms with Gasteiger partial charge < -0.3 is 26.6 Å². The summed E-state index contributed by atoms with van der Waals surface area (Å²) in [7, 11) is 1.32. The van der Waals surface area contributed by atoms with Crippen LogP contribution in [0, 0.1) is 0 Å². The zero-order chi connectivity index (χ0) is 28.6. The lowest BCUT2D eigenvalue weighted by Crippen LogP contribution is -2.26. The van der Waals surface area contributed by atoms with Gasteiger partial charge in [0, 0.05) is 29.4 Å². The van der Waals surface area contributed by atoms with Crippen molar-refractivity contribution in [3.8, 4) is 5.75 Å². The molecule has 0 fully saturated rings. The highest BCUT2D eigenvalue weighted by Gasteiger charge is 2.33. The fraction of sp³-hybridized carbons (Fsp3) is 0.185. The molecular weight excluding hydrogens is 513 g/mol. The number of nitrogens with two attached hydrogens (primary N) is 2. The van der Waals surface area contributed by atoms with Gasteiger partial charge in [0.1, 0.15) is 22.7 Å². The minimum atomic E-state index is -4.64. The third-order valence-corrected chi connectivity index (χ3v) is 5.49. The molecule has 0 saturated carbocycles. The lowest BCUT2D eigenvalue weighted by atomic mass is 10.0. The van der Waals surface area contributed by atoms with Crippen LogP contribution in [0.2, 0.25) is 0 Å². The maximum Gasteiger partial charge on any atom is 0.433 e. The van der Waals surface area contributed by atoms with Crippen LogP contribution in [0.3, 0.4) is 0 Å². The normalized spacial score (nSPS) is 13.2. The molecule has 6 N–H and O–H groups in total. The Kier molecular flexibility index (Phi) is 9.39. The quantitative estimate of drug-likeness (QED) is 0.181. The smallest absolute Gasteiger partial charge is 0.433 e. The second-order valence-electron chi connectivity index (χ2n) is 8.11. The number of nitrogens with one attached hydrogen (secondary N) is 1. The number of aliphatic hydroxyl groups excluding tert-OH is 1. The summed E-state index contributed by atoms with van der Waals surface area (Å²) in [5.41, 5.74) is 11.5. The first-order valence-electron chi connectivity index (χ1n) is 11.6. The van der Waals surface area contributed by atoms with Crippen molar-refractivity contribution in [2.24, 2.45) is 21.5 Å². The summed E-state index contributed by atoms with van der Waals surface area (Å²) in [5.74, 6) is -1.01. The number of carbonyl (C=O) groups is 1. The van der Waals surface area contributed by atoms with Gasteiger partial charge in [-0.25, -0.2) is 9.98 Å². The highest BCUT2D eigenvalue weighted by molar-refractivity contribution is 6.12. The number of rotatable bonds is 9. The Morgan fingerprint density at radius 2 is 1.87 bits per heavy atom. The lowest BCUT2D eigenvalue weighted by molar-refractivity contribution is -0.141. The number of hydrogen-bond donors (Lipinski definition) is 4. The molecule has 1 amide bonds. The number of nitrogens with zero attached hydrogens (tertiary/aromatic N) is 3. The van der Waals surface area contributed by atoms with Gasteiger partial charge in [0.05, 0.1) is 19.3 Å². The molecule has 0 saturated heterocycles. The van der Waals surface area contributed by atoms with E-state index >= 15 is 0 Å². The molecule has 39 heavy (non-hydrogen) atoms. The Bertz CT molecular complexity index is 1460. The first-order chi connectivity index (χ1) is 18.6. The van der Waals surface area contributed by atoms with Crippen molar-refractivity contribution in [1.82, 2.24) is 10.3 Å². The van der Waals surface area contributed by atoms with E-state index in [-0.39, 0.29) is 35.8 Å². The molecule has 0 atom stereocenters. The minimum Gasteiger partial charge on any atom is -0.508 e. The SMILES string of the molecule is COc1ccc(C(C)=N/C(C(=O)NCc2ccc(N=CC=CN)cc2)=C(\O)CN)c2ccc(C(F)(F)F)nc12. The predicted octanol–water partition coefficient (Wildman–Crippen LogP) is 4.29. The Morgan fingerprint density at radius 3 is 2.49 bits per heavy atom. The molecular formula is C27H27F3N6O3. The number of aliphatic hydroxyl groups is 1. The molecule has 0 bridgehead atoms. The van der Waals surface area contributed by atoms with Crippen LogP contribution in [0.25, 0.3) is 10.9 Å². The van der Waals surface area contributed by atoms with Gasteiger partial charge in [-0.15, -0.1) is 0 Å². The van der Waals surface area contributed by atoms with Crippen LogP contribution >= 0.6 is 0 Å². The number of amides is 1. The monoisotopic (exact) mass is 540 g/mol. The van der Waals surface area contributed by atoms with Crippen molar-refractivity contribution in [2.45, 2.75) is 19.6 Å². The van der Waals surface area contributed by atoms with Gasteiger partial charge in [-0.1, -0.05) is 12.1 Å². The molecule has 0 unspecified atom stereocenters. The first kappa shape index (κ1) is 28.9. The number of fused-ring (bicyclic) bond motifs is 1. The molecule has 12 heteroatoms. The Morgan fingerprint density at radius 1 is 1.15 bits per heavy atom. The summed E-state index contributed by atoms with van der Waals surface area (Å²) in [5, 5.41) is 13.3. The zero-order valence-corrected chi connectivity index (χ0v) is 21.2. The van der Waals surface area contributed by atoms with Crippen molar-refractivity contribution in [2.75, 3.05) is 13.7 Å². The van der Waals surface area contributed by atoms with Gasteiger partial charge in [-0.2, -0.15) is 13.2 Å². The van der Waals surface area contributed by atoms with Crippen LogP contribution in [-0.4, -0.2) is 41.6 Å². The fourth-order valence-corrected chi connectivity index (χ4v) is 3.55. The summed E-state index contributed by atoms with van der Waals surface area (Å²) in [6.45, 7) is 1.31. The molecule has 0 spiro atoms. The standard InChI is InChI=1S/C27H27F3N6O3/c1-16(19-8-10-22(39-2)24-20(19)9-11-23(36-24)27(28,29)30)35-25(21(37)14-32)26(38)34-15-17-4-6-18(7-5-17)33-13-3-12-31/h3-13,37H,14-15,31-32H2,1-2H3,(H,34,38)/b12-3?,25-21-,33-13?,35-16?. The van der Waals surface area contributed by atoms with Crippen LogP contribution in [0.4, 0.5) is 18.9 Å². The summed E-state index contributed by atoms with van der Waals surface area (Å²) < 4.78 is 44.9. The van der Waals surface area contributed by atoms with E-state index in [9.17, 15) is 23.1 Å². The van der Waals surface area contributed by atoms with Gasteiger partial charge in [-0.3, -0.25) is 9.79 Å². The molecule has 0 aliphatic carbocycles. The van der Waals surface area contributed by atoms with Crippen LogP contribution in [-0.2, 0) is 17.5 Å². The second-order valence-corrected chi connectivity index (χ2v) is 8.11. The number of alkyl halides is 3. The molecule has 3 aromatic rings. The Hall–Kier alpha value is -4.71. The largest absolute Gasteiger partial charge is 0.508 e. The number of aliphatic imine (C=N–C) groups is 2. The van der Waals surface area contributed by atoms with Gasteiger partial charge in [0.15, 0.2) is 5.70 Å². The number of aromatic nitrogens is 1. The molecule has 1 aromatic heterocycles. The molecule has 1 heterocycles. The fourth-order valence-electron chi connectivity index (χ4n) is 3.55. The van der Waals surface area contributed by atoms with Crippen LogP contribution < -0.4 is 21.5 Å². The average Bonchev–Trinajstić information content (AvgIpc) is 2.93. The van der Waals surface area contributed by atoms with E-state index in [1.807, 2.05) is 0 Å². The summed E-state index contributed by atoms with van der Waals surface area (Å²) in [6, 6.07) is 12.2. The van der Waals surface area contributed by atoms with Crippen molar-refractivity contribution in [3.05, 3.63) is 89.1 Å². The van der Waals surface area contributed by atoms with Crippen molar-refractivity contribution in [3.63, 3.8) is 0 Å². The molecule has 0 aliphatic rings. The number of methoxy groups -OCH3 is 1. The number of benzene rings is 2. The van der Waals surface area contributed by atoms with Gasteiger partial charge in [0.2, 0.25) is 0 Å². The van der Waals surface area contributed by atoms with Gasteiger partial charge in [-0.05, 0) is 61.2 Å². The predicted molar refractivity (Wildman–Crippen MR) is 144 cm³/mol. The Labute approximate surface area is 222 Å². The van der Waals surface area contributed by atoms with E-state index in [0.717, 1.165) is 11.6 Å². The van der Waals surface area contributed by atoms with Crippen LogP contribution in [0.1, 0.15) is 23.7 Å². The summed E-state index contributed by atoms with van der Waals surface area (Å²) in [4.78, 5) is 25.2. The van der Waals surface area contributed by atoms with E-state index in [1.54, 1.807) is 49.5 Å². The average molecular weight is 541 g/mol. The zero-order valence-electron chi connectivity index (χ0n) is 21.2. The number of ether oxygens (including phenoxy) is 1. The lowest BCUT2D eigenvalue weighted by Gasteiger charge is -2.13. The van der Waals surface area contributed by atoms with Crippen LogP contribution in [0.5, 0.6) is 5.75 Å². The molecule has 3 rings (SSSR count). The van der Waals surface area contributed by atoms with E-state index in [0.29, 0.717) is 16.6 Å². The maximum atomic E-state index is 13.2. The molecule has 204 valence electrons. The third-order valence-electron chi connectivity index (χ3n) is 5.49. The number of allylic oxidation sites excluding steroid dienone is 1. The van der Waals surface area contributed by atoms with E-state index in [1.165, 1.54) is 25.4 Å². The first-order valence-corrected chi connectivity index (χ1v) is 11.6. The highest BCUT2D eigenvalue weighted by atomic mass is 19.4. The molecule has 0 radical (unpaired) electrons. The van der Waals surface area contributed by atoms with Gasteiger partial charge >= 0.3 is 6.18 Å². The molecule has 9 nitrogen and oxygen atoms in total. The number of halogens is 3. The molecule has 0 aliphatic heterocycles. The van der Waals surface area contributed by atoms with Gasteiger partial charge in [0.25, 0.3) is 5.91 Å². The number of pyridine rings is 1. The molecule has 2 aromatic carbocycles. The van der Waals surface area contributed by atoms with Crippen molar-refractivity contribution < 1.29 is 27.8 Å². The second kappa shape index (κ2) is 12.7. The summed E-state index contributed by atoms with van der Waals surface area (Å²) in [6.07, 6.45) is -0.160. The number of carbonyl (C=O) groups excluding carboxylic acids is 1. The third kappa shape index (κ3) is 7.20. The maximum absolute atomic E-state index is 13.2. The van der Waals surface area contributed by atoms with E-state index in [2.05, 4.69) is 20.3 Å². The minimum absolute atomic E-state index is 0.0239.